The molecule has 0 saturated heterocycles. The Morgan fingerprint density at radius 2 is 1.55 bits per heavy atom. The molecule has 0 fully saturated rings. The molecule has 3 aromatic rings. The standard InChI is InChI=1S/C25H28Cl2N2/c1-29(2)24-13-7-19(8-14-24)18-28-16-15-21(20-9-11-23(26)12-10-20)17-22-5-3-4-6-25(22)27/h3-14,21,28H,15-18H2,1-2H3/p+1/t21-/m0/s1. The average molecular weight is 428 g/mol. The zero-order valence-electron chi connectivity index (χ0n) is 17.1. The van der Waals surface area contributed by atoms with E-state index in [0.717, 1.165) is 36.0 Å². The summed E-state index contributed by atoms with van der Waals surface area (Å²) in [5, 5.41) is 4.01. The van der Waals surface area contributed by atoms with Gasteiger partial charge in [-0.3, -0.25) is 0 Å². The van der Waals surface area contributed by atoms with Crippen molar-refractivity contribution in [2.45, 2.75) is 25.3 Å². The fourth-order valence-electron chi connectivity index (χ4n) is 3.57. The fraction of sp³-hybridized carbons (Fsp3) is 0.280. The molecule has 0 aromatic heterocycles. The maximum atomic E-state index is 6.42. The minimum absolute atomic E-state index is 0.416. The summed E-state index contributed by atoms with van der Waals surface area (Å²) in [6.45, 7) is 2.06. The maximum absolute atomic E-state index is 6.42. The van der Waals surface area contributed by atoms with Crippen molar-refractivity contribution in [1.29, 1.82) is 0 Å². The molecule has 152 valence electrons. The maximum Gasteiger partial charge on any atom is 0.101 e. The van der Waals surface area contributed by atoms with Gasteiger partial charge >= 0.3 is 0 Å². The highest BCUT2D eigenvalue weighted by Gasteiger charge is 2.15. The van der Waals surface area contributed by atoms with E-state index in [-0.39, 0.29) is 0 Å². The van der Waals surface area contributed by atoms with Gasteiger partial charge in [-0.2, -0.15) is 0 Å². The number of nitrogens with two attached hydrogens (primary N) is 1. The summed E-state index contributed by atoms with van der Waals surface area (Å²) in [5.74, 6) is 0.416. The molecule has 0 aliphatic rings. The van der Waals surface area contributed by atoms with Gasteiger partial charge < -0.3 is 10.2 Å². The highest BCUT2D eigenvalue weighted by Crippen LogP contribution is 2.28. The van der Waals surface area contributed by atoms with Gasteiger partial charge in [0.2, 0.25) is 0 Å². The summed E-state index contributed by atoms with van der Waals surface area (Å²) in [6.07, 6.45) is 2.02. The molecule has 0 spiro atoms. The lowest BCUT2D eigenvalue weighted by Crippen LogP contribution is -2.82. The van der Waals surface area contributed by atoms with Gasteiger partial charge in [0, 0.05) is 41.8 Å². The predicted octanol–water partition coefficient (Wildman–Crippen LogP) is 5.54. The van der Waals surface area contributed by atoms with Gasteiger partial charge in [0.25, 0.3) is 0 Å². The van der Waals surface area contributed by atoms with Crippen molar-refractivity contribution in [3.63, 3.8) is 0 Å². The van der Waals surface area contributed by atoms with Crippen LogP contribution in [0.25, 0.3) is 0 Å². The van der Waals surface area contributed by atoms with Crippen LogP contribution in [0.4, 0.5) is 5.69 Å². The van der Waals surface area contributed by atoms with E-state index in [1.165, 1.54) is 22.4 Å². The Labute approximate surface area is 184 Å². The van der Waals surface area contributed by atoms with Crippen LogP contribution in [0.3, 0.4) is 0 Å². The van der Waals surface area contributed by atoms with Crippen molar-refractivity contribution in [2.24, 2.45) is 0 Å². The van der Waals surface area contributed by atoms with Crippen molar-refractivity contribution >= 4 is 28.9 Å². The van der Waals surface area contributed by atoms with E-state index >= 15 is 0 Å². The van der Waals surface area contributed by atoms with E-state index in [1.54, 1.807) is 0 Å². The smallest absolute Gasteiger partial charge is 0.101 e. The third kappa shape index (κ3) is 6.50. The Hall–Kier alpha value is -2.00. The molecule has 29 heavy (non-hydrogen) atoms. The van der Waals surface area contributed by atoms with Crippen LogP contribution in [-0.2, 0) is 13.0 Å². The Kier molecular flexibility index (Phi) is 8.00. The molecule has 4 heteroatoms. The second-order valence-electron chi connectivity index (χ2n) is 7.68. The van der Waals surface area contributed by atoms with Crippen LogP contribution < -0.4 is 10.2 Å². The van der Waals surface area contributed by atoms with E-state index in [2.05, 4.69) is 72.8 Å². The molecule has 0 radical (unpaired) electrons. The van der Waals surface area contributed by atoms with Crippen LogP contribution >= 0.6 is 23.2 Å². The highest BCUT2D eigenvalue weighted by molar-refractivity contribution is 6.31. The van der Waals surface area contributed by atoms with Crippen molar-refractivity contribution in [3.05, 3.63) is 99.5 Å². The largest absolute Gasteiger partial charge is 0.378 e. The summed E-state index contributed by atoms with van der Waals surface area (Å²) < 4.78 is 0. The molecule has 0 unspecified atom stereocenters. The molecule has 0 heterocycles. The fourth-order valence-corrected chi connectivity index (χ4v) is 3.91. The van der Waals surface area contributed by atoms with Gasteiger partial charge in [0.15, 0.2) is 0 Å². The Bertz CT molecular complexity index is 889. The van der Waals surface area contributed by atoms with Crippen molar-refractivity contribution in [1.82, 2.24) is 0 Å². The molecule has 0 bridgehead atoms. The zero-order valence-corrected chi connectivity index (χ0v) is 18.6. The van der Waals surface area contributed by atoms with Crippen LogP contribution in [0.1, 0.15) is 29.0 Å². The minimum Gasteiger partial charge on any atom is -0.378 e. The van der Waals surface area contributed by atoms with Gasteiger partial charge in [-0.15, -0.1) is 0 Å². The molecule has 3 aromatic carbocycles. The lowest BCUT2D eigenvalue weighted by Gasteiger charge is -2.18. The number of benzene rings is 3. The van der Waals surface area contributed by atoms with Crippen LogP contribution in [0.15, 0.2) is 72.8 Å². The van der Waals surface area contributed by atoms with Gasteiger partial charge in [-0.1, -0.05) is 65.7 Å². The lowest BCUT2D eigenvalue weighted by atomic mass is 9.89. The minimum atomic E-state index is 0.416. The van der Waals surface area contributed by atoms with E-state index in [0.29, 0.717) is 5.92 Å². The van der Waals surface area contributed by atoms with E-state index in [1.807, 2.05) is 24.3 Å². The highest BCUT2D eigenvalue weighted by atomic mass is 35.5. The number of anilines is 1. The third-order valence-electron chi connectivity index (χ3n) is 5.32. The first-order chi connectivity index (χ1) is 14.0. The second kappa shape index (κ2) is 10.7. The zero-order chi connectivity index (χ0) is 20.6. The molecule has 0 saturated carbocycles. The predicted molar refractivity (Wildman–Crippen MR) is 125 cm³/mol. The van der Waals surface area contributed by atoms with Gasteiger partial charge in [0.1, 0.15) is 6.54 Å². The second-order valence-corrected chi connectivity index (χ2v) is 8.52. The van der Waals surface area contributed by atoms with E-state index < -0.39 is 0 Å². The average Bonchev–Trinajstić information content (AvgIpc) is 2.72. The normalized spacial score (nSPS) is 12.0. The first kappa shape index (κ1) is 21.7. The van der Waals surface area contributed by atoms with Gasteiger partial charge in [0.05, 0.1) is 6.54 Å². The summed E-state index contributed by atoms with van der Waals surface area (Å²) in [7, 11) is 4.13. The topological polar surface area (TPSA) is 19.9 Å². The Balaban J connectivity index is 1.60. The monoisotopic (exact) mass is 427 g/mol. The number of hydrogen-bond acceptors (Lipinski definition) is 1. The van der Waals surface area contributed by atoms with E-state index in [4.69, 9.17) is 23.2 Å². The first-order valence-corrected chi connectivity index (χ1v) is 10.9. The number of hydrogen-bond donors (Lipinski definition) is 1. The van der Waals surface area contributed by atoms with E-state index in [9.17, 15) is 0 Å². The van der Waals surface area contributed by atoms with Crippen LogP contribution in [-0.4, -0.2) is 20.6 Å². The molecule has 1 atom stereocenters. The van der Waals surface area contributed by atoms with Gasteiger partial charge in [-0.05, 0) is 53.8 Å². The summed E-state index contributed by atoms with van der Waals surface area (Å²) in [6, 6.07) is 25.2. The van der Waals surface area contributed by atoms with Crippen molar-refractivity contribution in [2.75, 3.05) is 25.5 Å². The number of quaternary nitrogens is 1. The number of halogens is 2. The Morgan fingerprint density at radius 1 is 0.862 bits per heavy atom. The molecule has 2 nitrogen and oxygen atoms in total. The van der Waals surface area contributed by atoms with Crippen LogP contribution in [0.2, 0.25) is 10.0 Å². The number of rotatable bonds is 9. The first-order valence-electron chi connectivity index (χ1n) is 10.1. The lowest BCUT2D eigenvalue weighted by molar-refractivity contribution is -0.671. The summed E-state index contributed by atoms with van der Waals surface area (Å²) in [5.41, 5.74) is 5.10. The SMILES string of the molecule is CN(C)c1ccc(C[NH2+]CC[C@@H](Cc2ccccc2Cl)c2ccc(Cl)cc2)cc1. The Morgan fingerprint density at radius 3 is 2.21 bits per heavy atom. The van der Waals surface area contributed by atoms with Crippen LogP contribution in [0, 0.1) is 0 Å². The van der Waals surface area contributed by atoms with Gasteiger partial charge in [-0.25, -0.2) is 0 Å². The van der Waals surface area contributed by atoms with Crippen molar-refractivity contribution < 1.29 is 5.32 Å². The molecule has 2 N–H and O–H groups in total. The van der Waals surface area contributed by atoms with Crippen molar-refractivity contribution in [3.8, 4) is 0 Å². The quantitative estimate of drug-likeness (QED) is 0.444. The molecule has 0 aliphatic heterocycles. The molecular weight excluding hydrogens is 399 g/mol. The summed E-state index contributed by atoms with van der Waals surface area (Å²) in [4.78, 5) is 2.12. The van der Waals surface area contributed by atoms with Crippen LogP contribution in [0.5, 0.6) is 0 Å². The molecule has 3 rings (SSSR count). The summed E-state index contributed by atoms with van der Waals surface area (Å²) >= 11 is 12.5. The molecule has 0 aliphatic carbocycles. The number of nitrogens with zero attached hydrogens (tertiary/aromatic N) is 1. The molecule has 0 amide bonds. The third-order valence-corrected chi connectivity index (χ3v) is 5.94. The molecular formula is C25H29Cl2N2+.